The van der Waals surface area contributed by atoms with E-state index in [2.05, 4.69) is 22.6 Å². The van der Waals surface area contributed by atoms with Crippen molar-refractivity contribution in [2.75, 3.05) is 11.0 Å². The van der Waals surface area contributed by atoms with Gasteiger partial charge in [0.2, 0.25) is 0 Å². The molecule has 8 heavy (non-hydrogen) atoms. The number of allylic oxidation sites excluding steroid dienone is 1. The first-order chi connectivity index (χ1) is 3.91. The Hall–Kier alpha value is 0.430. The number of hydrogen-bond acceptors (Lipinski definition) is 1. The van der Waals surface area contributed by atoms with Gasteiger partial charge in [-0.25, -0.2) is 0 Å². The van der Waals surface area contributed by atoms with E-state index in [1.54, 1.807) is 6.08 Å². The van der Waals surface area contributed by atoms with Gasteiger partial charge in [-0.3, -0.25) is 0 Å². The van der Waals surface area contributed by atoms with E-state index in [1.807, 2.05) is 6.08 Å². The summed E-state index contributed by atoms with van der Waals surface area (Å²) in [6, 6.07) is 0. The largest absolute Gasteiger partial charge is 0.392 e. The van der Waals surface area contributed by atoms with Crippen molar-refractivity contribution < 1.29 is 5.11 Å². The van der Waals surface area contributed by atoms with Gasteiger partial charge in [0, 0.05) is 0 Å². The molecule has 0 aliphatic rings. The van der Waals surface area contributed by atoms with Crippen LogP contribution in [0, 0.1) is 0 Å². The van der Waals surface area contributed by atoms with Gasteiger partial charge in [-0.05, 0) is 17.3 Å². The van der Waals surface area contributed by atoms with Gasteiger partial charge in [-0.1, -0.05) is 34.7 Å². The molecule has 0 aliphatic carbocycles. The Morgan fingerprint density at radius 3 is 2.62 bits per heavy atom. The molecule has 0 saturated carbocycles. The van der Waals surface area contributed by atoms with Crippen LogP contribution in [0.5, 0.6) is 0 Å². The zero-order valence-corrected chi connectivity index (χ0v) is 6.97. The number of aliphatic hydroxyl groups is 1. The molecule has 0 heterocycles. The third-order valence-electron chi connectivity index (χ3n) is 0.776. The lowest BCUT2D eigenvalue weighted by Crippen LogP contribution is -1.73. The van der Waals surface area contributed by atoms with Gasteiger partial charge in [0.15, 0.2) is 0 Å². The molecule has 0 fully saturated rings. The molecule has 0 spiro atoms. The lowest BCUT2D eigenvalue weighted by molar-refractivity contribution is 0.342. The molecule has 0 aromatic heterocycles. The van der Waals surface area contributed by atoms with Crippen LogP contribution >= 0.6 is 22.6 Å². The molecule has 0 atom stereocenters. The molecule has 1 nitrogen and oxygen atoms in total. The maximum absolute atomic E-state index is 8.28. The van der Waals surface area contributed by atoms with Crippen LogP contribution in [0.15, 0.2) is 12.2 Å². The normalized spacial score (nSPS) is 10.8. The minimum Gasteiger partial charge on any atom is -0.392 e. The molecule has 0 unspecified atom stereocenters. The fourth-order valence-electron chi connectivity index (χ4n) is 0.387. The van der Waals surface area contributed by atoms with Crippen LogP contribution in [0.2, 0.25) is 0 Å². The van der Waals surface area contributed by atoms with E-state index in [0.29, 0.717) is 0 Å². The van der Waals surface area contributed by atoms with Gasteiger partial charge in [0.05, 0.1) is 6.61 Å². The van der Waals surface area contributed by atoms with Crippen molar-refractivity contribution in [1.82, 2.24) is 0 Å². The summed E-state index contributed by atoms with van der Waals surface area (Å²) < 4.78 is 1.20. The van der Waals surface area contributed by atoms with Crippen molar-refractivity contribution in [1.29, 1.82) is 0 Å². The summed E-state index contributed by atoms with van der Waals surface area (Å²) in [5.41, 5.74) is 0. The fourth-order valence-corrected chi connectivity index (χ4v) is 0.828. The Labute approximate surface area is 63.9 Å². The third-order valence-corrected chi connectivity index (χ3v) is 1.54. The standard InChI is InChI=1S/C6H11IO/c7-5-3-1-2-4-6-8/h2,4,8H,1,3,5-6H2. The van der Waals surface area contributed by atoms with Gasteiger partial charge in [-0.15, -0.1) is 0 Å². The second-order valence-corrected chi connectivity index (χ2v) is 2.56. The first-order valence-corrected chi connectivity index (χ1v) is 4.26. The number of aliphatic hydroxyl groups excluding tert-OH is 1. The lowest BCUT2D eigenvalue weighted by atomic mass is 10.3. The number of unbranched alkanes of at least 4 members (excludes halogenated alkanes) is 1. The van der Waals surface area contributed by atoms with Crippen LogP contribution in [0.25, 0.3) is 0 Å². The van der Waals surface area contributed by atoms with E-state index in [4.69, 9.17) is 5.11 Å². The number of rotatable bonds is 4. The van der Waals surface area contributed by atoms with Crippen molar-refractivity contribution in [3.8, 4) is 0 Å². The summed E-state index contributed by atoms with van der Waals surface area (Å²) in [5, 5.41) is 8.28. The maximum atomic E-state index is 8.28. The molecule has 0 saturated heterocycles. The average molecular weight is 226 g/mol. The highest BCUT2D eigenvalue weighted by Gasteiger charge is 1.76. The van der Waals surface area contributed by atoms with Gasteiger partial charge in [-0.2, -0.15) is 0 Å². The van der Waals surface area contributed by atoms with E-state index in [0.717, 1.165) is 6.42 Å². The van der Waals surface area contributed by atoms with Crippen molar-refractivity contribution in [2.45, 2.75) is 12.8 Å². The molecule has 1 N–H and O–H groups in total. The predicted molar refractivity (Wildman–Crippen MR) is 44.3 cm³/mol. The summed E-state index contributed by atoms with van der Waals surface area (Å²) in [5.74, 6) is 0. The summed E-state index contributed by atoms with van der Waals surface area (Å²) in [6.07, 6.45) is 6.12. The van der Waals surface area contributed by atoms with Crippen LogP contribution < -0.4 is 0 Å². The Morgan fingerprint density at radius 2 is 2.12 bits per heavy atom. The number of halogens is 1. The van der Waals surface area contributed by atoms with Gasteiger partial charge in [0.1, 0.15) is 0 Å². The molecule has 0 aromatic rings. The SMILES string of the molecule is OCC=CCCCI. The molecule has 0 aromatic carbocycles. The molecule has 0 amide bonds. The van der Waals surface area contributed by atoms with Crippen molar-refractivity contribution in [3.05, 3.63) is 12.2 Å². The van der Waals surface area contributed by atoms with E-state index < -0.39 is 0 Å². The van der Waals surface area contributed by atoms with E-state index in [9.17, 15) is 0 Å². The highest BCUT2D eigenvalue weighted by atomic mass is 127. The minimum absolute atomic E-state index is 0.182. The zero-order valence-electron chi connectivity index (χ0n) is 4.81. The maximum Gasteiger partial charge on any atom is 0.0612 e. The fraction of sp³-hybridized carbons (Fsp3) is 0.667. The van der Waals surface area contributed by atoms with E-state index >= 15 is 0 Å². The van der Waals surface area contributed by atoms with E-state index in [1.165, 1.54) is 10.8 Å². The van der Waals surface area contributed by atoms with Crippen LogP contribution in [0.1, 0.15) is 12.8 Å². The molecular formula is C6H11IO. The minimum atomic E-state index is 0.182. The highest BCUT2D eigenvalue weighted by molar-refractivity contribution is 14.1. The summed E-state index contributed by atoms with van der Waals surface area (Å²) in [7, 11) is 0. The molecule has 0 rings (SSSR count). The summed E-state index contributed by atoms with van der Waals surface area (Å²) >= 11 is 2.34. The zero-order chi connectivity index (χ0) is 6.24. The Kier molecular flexibility index (Phi) is 7.83. The second kappa shape index (κ2) is 7.43. The van der Waals surface area contributed by atoms with Crippen molar-refractivity contribution >= 4 is 22.6 Å². The smallest absolute Gasteiger partial charge is 0.0612 e. The summed E-state index contributed by atoms with van der Waals surface area (Å²) in [4.78, 5) is 0. The van der Waals surface area contributed by atoms with Gasteiger partial charge in [0.25, 0.3) is 0 Å². The summed E-state index contributed by atoms with van der Waals surface area (Å²) in [6.45, 7) is 0.182. The molecule has 0 bridgehead atoms. The van der Waals surface area contributed by atoms with Crippen LogP contribution in [0.3, 0.4) is 0 Å². The lowest BCUT2D eigenvalue weighted by Gasteiger charge is -1.84. The number of hydrogen-bond donors (Lipinski definition) is 1. The first-order valence-electron chi connectivity index (χ1n) is 2.73. The Bertz CT molecular complexity index is 61.5. The monoisotopic (exact) mass is 226 g/mol. The van der Waals surface area contributed by atoms with Crippen molar-refractivity contribution in [2.24, 2.45) is 0 Å². The topological polar surface area (TPSA) is 20.2 Å². The quantitative estimate of drug-likeness (QED) is 0.335. The molecular weight excluding hydrogens is 215 g/mol. The average Bonchev–Trinajstić information content (AvgIpc) is 1.81. The van der Waals surface area contributed by atoms with Crippen LogP contribution in [-0.4, -0.2) is 16.1 Å². The predicted octanol–water partition coefficient (Wildman–Crippen LogP) is 1.75. The first kappa shape index (κ1) is 8.43. The third kappa shape index (κ3) is 6.43. The van der Waals surface area contributed by atoms with Crippen molar-refractivity contribution in [3.63, 3.8) is 0 Å². The molecule has 0 aliphatic heterocycles. The van der Waals surface area contributed by atoms with Crippen LogP contribution in [-0.2, 0) is 0 Å². The Balaban J connectivity index is 2.80. The van der Waals surface area contributed by atoms with Gasteiger partial charge < -0.3 is 5.11 Å². The second-order valence-electron chi connectivity index (χ2n) is 1.49. The molecule has 2 heteroatoms. The highest BCUT2D eigenvalue weighted by Crippen LogP contribution is 1.94. The molecule has 0 radical (unpaired) electrons. The van der Waals surface area contributed by atoms with Gasteiger partial charge >= 0.3 is 0 Å². The molecule has 48 valence electrons. The van der Waals surface area contributed by atoms with E-state index in [-0.39, 0.29) is 6.61 Å². The Morgan fingerprint density at radius 1 is 1.38 bits per heavy atom. The van der Waals surface area contributed by atoms with Crippen LogP contribution in [0.4, 0.5) is 0 Å². The number of alkyl halides is 1.